The first kappa shape index (κ1) is 18.2. The minimum Gasteiger partial charge on any atom is -0.309 e. The zero-order valence-electron chi connectivity index (χ0n) is 14.5. The van der Waals surface area contributed by atoms with E-state index in [9.17, 15) is 0 Å². The van der Waals surface area contributed by atoms with E-state index < -0.39 is 0 Å². The van der Waals surface area contributed by atoms with Gasteiger partial charge in [0.2, 0.25) is 0 Å². The van der Waals surface area contributed by atoms with Gasteiger partial charge in [0.25, 0.3) is 0 Å². The fourth-order valence-electron chi connectivity index (χ4n) is 2.77. The summed E-state index contributed by atoms with van der Waals surface area (Å²) in [6.07, 6.45) is 6.34. The molecule has 0 amide bonds. The van der Waals surface area contributed by atoms with Crippen LogP contribution in [0.15, 0.2) is 24.3 Å². The van der Waals surface area contributed by atoms with Crippen molar-refractivity contribution in [2.75, 3.05) is 26.7 Å². The lowest BCUT2D eigenvalue weighted by atomic mass is 10.0. The van der Waals surface area contributed by atoms with Crippen molar-refractivity contribution in [1.82, 2.24) is 10.2 Å². The molecule has 2 heteroatoms. The van der Waals surface area contributed by atoms with Gasteiger partial charge in [-0.25, -0.2) is 0 Å². The summed E-state index contributed by atoms with van der Waals surface area (Å²) in [7, 11) is 2.24. The predicted molar refractivity (Wildman–Crippen MR) is 93.9 cm³/mol. The monoisotopic (exact) mass is 290 g/mol. The number of likely N-dealkylation sites (N-methyl/N-ethyl adjacent to an activating group) is 2. The zero-order valence-corrected chi connectivity index (χ0v) is 14.5. The molecule has 1 rings (SSSR count). The summed E-state index contributed by atoms with van der Waals surface area (Å²) >= 11 is 0. The molecule has 120 valence electrons. The highest BCUT2D eigenvalue weighted by Gasteiger charge is 2.12. The number of aryl methyl sites for hydroxylation is 1. The van der Waals surface area contributed by atoms with Crippen molar-refractivity contribution in [3.05, 3.63) is 35.4 Å². The van der Waals surface area contributed by atoms with Gasteiger partial charge in [-0.05, 0) is 44.1 Å². The third kappa shape index (κ3) is 7.10. The van der Waals surface area contributed by atoms with E-state index in [4.69, 9.17) is 0 Å². The Bertz CT molecular complexity index is 358. The van der Waals surface area contributed by atoms with E-state index in [1.807, 2.05) is 0 Å². The van der Waals surface area contributed by atoms with Crippen LogP contribution < -0.4 is 5.32 Å². The standard InChI is InChI=1S/C19H34N2/c1-5-8-9-15-21(4)16-19(20-7-3)18-13-11-17(10-6-2)12-14-18/h11-14,19-20H,5-10,15-16H2,1-4H3. The van der Waals surface area contributed by atoms with Crippen LogP contribution in [0.25, 0.3) is 0 Å². The Morgan fingerprint density at radius 1 is 1.00 bits per heavy atom. The molecule has 1 unspecified atom stereocenters. The number of hydrogen-bond acceptors (Lipinski definition) is 2. The summed E-state index contributed by atoms with van der Waals surface area (Å²) in [5.41, 5.74) is 2.87. The van der Waals surface area contributed by atoms with Crippen LogP contribution in [0.1, 0.15) is 63.6 Å². The number of benzene rings is 1. The lowest BCUT2D eigenvalue weighted by Crippen LogP contribution is -2.33. The normalized spacial score (nSPS) is 12.8. The molecule has 1 aromatic rings. The largest absolute Gasteiger partial charge is 0.309 e. The quantitative estimate of drug-likeness (QED) is 0.607. The summed E-state index contributed by atoms with van der Waals surface area (Å²) < 4.78 is 0. The van der Waals surface area contributed by atoms with E-state index in [2.05, 4.69) is 62.3 Å². The van der Waals surface area contributed by atoms with Crippen LogP contribution in [0, 0.1) is 0 Å². The maximum Gasteiger partial charge on any atom is 0.0449 e. The van der Waals surface area contributed by atoms with Gasteiger partial charge in [0, 0.05) is 12.6 Å². The van der Waals surface area contributed by atoms with E-state index in [0.29, 0.717) is 6.04 Å². The average Bonchev–Trinajstić information content (AvgIpc) is 2.48. The fourth-order valence-corrected chi connectivity index (χ4v) is 2.77. The van der Waals surface area contributed by atoms with Crippen molar-refractivity contribution in [1.29, 1.82) is 0 Å². The van der Waals surface area contributed by atoms with Crippen molar-refractivity contribution in [3.8, 4) is 0 Å². The highest BCUT2D eigenvalue weighted by atomic mass is 15.1. The molecule has 0 radical (unpaired) electrons. The Hall–Kier alpha value is -0.860. The topological polar surface area (TPSA) is 15.3 Å². The molecular formula is C19H34N2. The Labute approximate surface area is 131 Å². The number of hydrogen-bond donors (Lipinski definition) is 1. The SMILES string of the molecule is CCCCCN(C)CC(NCC)c1ccc(CCC)cc1. The van der Waals surface area contributed by atoms with Gasteiger partial charge in [0.05, 0.1) is 0 Å². The predicted octanol–water partition coefficient (Wildman–Crippen LogP) is 4.41. The Morgan fingerprint density at radius 2 is 1.71 bits per heavy atom. The first-order chi connectivity index (χ1) is 10.2. The Balaban J connectivity index is 2.58. The fraction of sp³-hybridized carbons (Fsp3) is 0.684. The maximum absolute atomic E-state index is 3.63. The van der Waals surface area contributed by atoms with E-state index >= 15 is 0 Å². The molecule has 0 saturated carbocycles. The van der Waals surface area contributed by atoms with Crippen LogP contribution in [-0.2, 0) is 6.42 Å². The second kappa shape index (κ2) is 10.8. The summed E-state index contributed by atoms with van der Waals surface area (Å²) in [4.78, 5) is 2.46. The van der Waals surface area contributed by atoms with E-state index in [1.165, 1.54) is 49.8 Å². The molecule has 0 aliphatic heterocycles. The lowest BCUT2D eigenvalue weighted by molar-refractivity contribution is 0.286. The van der Waals surface area contributed by atoms with Crippen LogP contribution in [0.4, 0.5) is 0 Å². The minimum atomic E-state index is 0.442. The minimum absolute atomic E-state index is 0.442. The van der Waals surface area contributed by atoms with E-state index in [0.717, 1.165) is 13.1 Å². The molecule has 0 saturated heterocycles. The lowest BCUT2D eigenvalue weighted by Gasteiger charge is -2.25. The number of unbranched alkanes of at least 4 members (excludes halogenated alkanes) is 2. The third-order valence-corrected chi connectivity index (χ3v) is 4.01. The highest BCUT2D eigenvalue weighted by molar-refractivity contribution is 5.25. The van der Waals surface area contributed by atoms with Crippen molar-refractivity contribution < 1.29 is 0 Å². The van der Waals surface area contributed by atoms with Gasteiger partial charge in [-0.2, -0.15) is 0 Å². The third-order valence-electron chi connectivity index (χ3n) is 4.01. The molecule has 1 atom stereocenters. The van der Waals surface area contributed by atoms with Crippen LogP contribution >= 0.6 is 0 Å². The summed E-state index contributed by atoms with van der Waals surface area (Å²) in [5.74, 6) is 0. The van der Waals surface area contributed by atoms with Gasteiger partial charge >= 0.3 is 0 Å². The maximum atomic E-state index is 3.63. The van der Waals surface area contributed by atoms with Gasteiger partial charge in [0.15, 0.2) is 0 Å². The van der Waals surface area contributed by atoms with Crippen LogP contribution in [0.5, 0.6) is 0 Å². The zero-order chi connectivity index (χ0) is 15.5. The van der Waals surface area contributed by atoms with Crippen LogP contribution in [0.3, 0.4) is 0 Å². The molecule has 0 aliphatic rings. The van der Waals surface area contributed by atoms with Gasteiger partial charge in [-0.1, -0.05) is 64.3 Å². The van der Waals surface area contributed by atoms with Gasteiger partial charge in [0.1, 0.15) is 0 Å². The summed E-state index contributed by atoms with van der Waals surface area (Å²) in [6, 6.07) is 9.63. The second-order valence-electron chi connectivity index (χ2n) is 6.07. The molecule has 0 aromatic heterocycles. The first-order valence-corrected chi connectivity index (χ1v) is 8.72. The Kier molecular flexibility index (Phi) is 9.36. The van der Waals surface area contributed by atoms with Crippen molar-refractivity contribution in [2.45, 2.75) is 58.9 Å². The smallest absolute Gasteiger partial charge is 0.0449 e. The van der Waals surface area contributed by atoms with Gasteiger partial charge in [-0.15, -0.1) is 0 Å². The van der Waals surface area contributed by atoms with Crippen molar-refractivity contribution >= 4 is 0 Å². The summed E-state index contributed by atoms with van der Waals surface area (Å²) in [6.45, 7) is 9.99. The molecular weight excluding hydrogens is 256 g/mol. The molecule has 0 bridgehead atoms. The van der Waals surface area contributed by atoms with Crippen molar-refractivity contribution in [2.24, 2.45) is 0 Å². The first-order valence-electron chi connectivity index (χ1n) is 8.72. The number of rotatable bonds is 11. The molecule has 1 N–H and O–H groups in total. The summed E-state index contributed by atoms with van der Waals surface area (Å²) in [5, 5.41) is 3.63. The van der Waals surface area contributed by atoms with Gasteiger partial charge < -0.3 is 10.2 Å². The Morgan fingerprint density at radius 3 is 2.29 bits per heavy atom. The molecule has 0 spiro atoms. The number of nitrogens with zero attached hydrogens (tertiary/aromatic N) is 1. The molecule has 2 nitrogen and oxygen atoms in total. The molecule has 21 heavy (non-hydrogen) atoms. The molecule has 1 aromatic carbocycles. The van der Waals surface area contributed by atoms with E-state index in [-0.39, 0.29) is 0 Å². The van der Waals surface area contributed by atoms with E-state index in [1.54, 1.807) is 0 Å². The van der Waals surface area contributed by atoms with Crippen molar-refractivity contribution in [3.63, 3.8) is 0 Å². The van der Waals surface area contributed by atoms with Crippen LogP contribution in [0.2, 0.25) is 0 Å². The molecule has 0 aliphatic carbocycles. The molecule has 0 fully saturated rings. The van der Waals surface area contributed by atoms with Gasteiger partial charge in [-0.3, -0.25) is 0 Å². The molecule has 0 heterocycles. The second-order valence-corrected chi connectivity index (χ2v) is 6.07. The number of nitrogens with one attached hydrogen (secondary N) is 1. The van der Waals surface area contributed by atoms with Crippen LogP contribution in [-0.4, -0.2) is 31.6 Å². The average molecular weight is 290 g/mol. The highest BCUT2D eigenvalue weighted by Crippen LogP contribution is 2.16.